The molecule has 28 valence electrons. The molecular weight excluding hydrogens is 69.8 g/mol. The molecule has 0 heterocycles. The van der Waals surface area contributed by atoms with Gasteiger partial charge in [0.25, 0.3) is 0 Å². The van der Waals surface area contributed by atoms with Crippen LogP contribution < -0.4 is 0 Å². The molecule has 0 aromatic rings. The normalized spacial score (nSPS) is 6.80. The summed E-state index contributed by atoms with van der Waals surface area (Å²) in [5.74, 6) is 0.806. The predicted octanol–water partition coefficient (Wildman–Crippen LogP) is 0.162. The summed E-state index contributed by atoms with van der Waals surface area (Å²) in [6.07, 6.45) is 0. The van der Waals surface area contributed by atoms with Crippen molar-refractivity contribution in [3.8, 4) is 0 Å². The molecule has 0 saturated carbocycles. The highest BCUT2D eigenvalue weighted by Crippen LogP contribution is 1.71. The van der Waals surface area contributed by atoms with Crippen molar-refractivity contribution in [3.63, 3.8) is 0 Å². The summed E-state index contributed by atoms with van der Waals surface area (Å²) in [4.78, 5) is 0. The van der Waals surface area contributed by atoms with E-state index in [1.165, 1.54) is 0 Å². The summed E-state index contributed by atoms with van der Waals surface area (Å²) in [6, 6.07) is 0. The van der Waals surface area contributed by atoms with E-state index >= 15 is 0 Å². The molecule has 0 fully saturated rings. The number of hydrogen-bond donors (Lipinski definition) is 1. The van der Waals surface area contributed by atoms with Crippen LogP contribution in [0.2, 0.25) is 0 Å². The Hall–Kier alpha value is -0.305. The predicted molar refractivity (Wildman–Crippen MR) is 19.3 cm³/mol. The van der Waals surface area contributed by atoms with Crippen LogP contribution in [0.15, 0.2) is 12.6 Å². The molecule has 0 atom stereocenters. The van der Waals surface area contributed by atoms with Crippen LogP contribution >= 0.6 is 0 Å². The zero-order chi connectivity index (χ0) is 4.28. The van der Waals surface area contributed by atoms with Crippen LogP contribution in [0.4, 0.5) is 4.32 Å². The fourth-order valence-electron chi connectivity index (χ4n) is 0. The Labute approximate surface area is 30.3 Å². The number of hydrogen-bond acceptors (Lipinski definition) is 1. The van der Waals surface area contributed by atoms with Gasteiger partial charge in [0.05, 0.1) is 0 Å². The van der Waals surface area contributed by atoms with Crippen molar-refractivity contribution < 1.29 is 9.34 Å². The van der Waals surface area contributed by atoms with Gasteiger partial charge in [-0.3, -0.25) is 4.32 Å². The Morgan fingerprint density at radius 2 is 2.20 bits per heavy atom. The van der Waals surface area contributed by atoms with E-state index in [2.05, 4.69) is 6.58 Å². The monoisotopic (exact) mass is 74.0 g/mol. The van der Waals surface area contributed by atoms with Crippen molar-refractivity contribution in [1.29, 1.82) is 0 Å². The quantitative estimate of drug-likeness (QED) is 0.439. The lowest BCUT2D eigenvalue weighted by Crippen LogP contribution is -1.94. The van der Waals surface area contributed by atoms with Crippen molar-refractivity contribution in [2.24, 2.45) is 0 Å². The average molecular weight is 73.9 g/mol. The van der Waals surface area contributed by atoms with Crippen LogP contribution in [0.5, 0.6) is 0 Å². The second-order valence-electron chi connectivity index (χ2n) is 0.608. The molecule has 0 aliphatic heterocycles. The van der Waals surface area contributed by atoms with E-state index in [1.54, 1.807) is 0 Å². The van der Waals surface area contributed by atoms with Crippen LogP contribution in [-0.2, 0) is 0 Å². The summed E-state index contributed by atoms with van der Waals surface area (Å²) < 4.78 is 10.9. The van der Waals surface area contributed by atoms with Gasteiger partial charge >= 0.3 is 7.19 Å². The molecular formula is C2H4BFO. The summed E-state index contributed by atoms with van der Waals surface area (Å²) in [5, 5.41) is 7.58. The fourth-order valence-corrected chi connectivity index (χ4v) is 0. The van der Waals surface area contributed by atoms with E-state index in [0.717, 1.165) is 5.98 Å². The first-order chi connectivity index (χ1) is 2.27. The largest absolute Gasteiger partial charge is 0.524 e. The van der Waals surface area contributed by atoms with Gasteiger partial charge in [-0.05, 0) is 0 Å². The van der Waals surface area contributed by atoms with Crippen LogP contribution in [0, 0.1) is 0 Å². The molecule has 3 heteroatoms. The van der Waals surface area contributed by atoms with Gasteiger partial charge in [-0.2, -0.15) is 0 Å². The Morgan fingerprint density at radius 1 is 2.00 bits per heavy atom. The van der Waals surface area contributed by atoms with E-state index in [4.69, 9.17) is 5.02 Å². The van der Waals surface area contributed by atoms with Gasteiger partial charge in [0.15, 0.2) is 0 Å². The molecule has 0 rings (SSSR count). The van der Waals surface area contributed by atoms with Crippen molar-refractivity contribution in [1.82, 2.24) is 0 Å². The van der Waals surface area contributed by atoms with Crippen LogP contribution in [0.3, 0.4) is 0 Å². The summed E-state index contributed by atoms with van der Waals surface area (Å²) in [7, 11) is -1.85. The zero-order valence-electron chi connectivity index (χ0n) is 2.69. The van der Waals surface area contributed by atoms with E-state index in [0.29, 0.717) is 0 Å². The first-order valence-corrected chi connectivity index (χ1v) is 1.22. The highest BCUT2D eigenvalue weighted by molar-refractivity contribution is 6.48. The maximum Gasteiger partial charge on any atom is 0.524 e. The van der Waals surface area contributed by atoms with Crippen molar-refractivity contribution in [2.75, 3.05) is 0 Å². The second-order valence-corrected chi connectivity index (χ2v) is 0.608. The zero-order valence-corrected chi connectivity index (χ0v) is 2.69. The molecule has 0 saturated heterocycles. The van der Waals surface area contributed by atoms with Crippen molar-refractivity contribution in [2.45, 2.75) is 0 Å². The molecule has 5 heavy (non-hydrogen) atoms. The Morgan fingerprint density at radius 3 is 2.20 bits per heavy atom. The maximum atomic E-state index is 10.9. The van der Waals surface area contributed by atoms with Gasteiger partial charge < -0.3 is 5.02 Å². The highest BCUT2D eigenvalue weighted by atomic mass is 19.1. The first kappa shape index (κ1) is 4.69. The van der Waals surface area contributed by atoms with Gasteiger partial charge in [0.1, 0.15) is 0 Å². The molecule has 0 aromatic heterocycles. The third-order valence-electron chi connectivity index (χ3n) is 0.194. The topological polar surface area (TPSA) is 20.2 Å². The summed E-state index contributed by atoms with van der Waals surface area (Å²) >= 11 is 0. The Balaban J connectivity index is 2.83. The molecule has 0 radical (unpaired) electrons. The SMILES string of the molecule is C=CB(O)F. The minimum atomic E-state index is -1.85. The highest BCUT2D eigenvalue weighted by Gasteiger charge is 1.96. The van der Waals surface area contributed by atoms with Crippen LogP contribution in [-0.4, -0.2) is 12.2 Å². The van der Waals surface area contributed by atoms with Crippen LogP contribution in [0.1, 0.15) is 0 Å². The van der Waals surface area contributed by atoms with Gasteiger partial charge in [-0.15, -0.1) is 6.58 Å². The van der Waals surface area contributed by atoms with Crippen LogP contribution in [0.25, 0.3) is 0 Å². The molecule has 1 nitrogen and oxygen atoms in total. The van der Waals surface area contributed by atoms with E-state index < -0.39 is 7.19 Å². The number of rotatable bonds is 1. The van der Waals surface area contributed by atoms with Gasteiger partial charge in [-0.1, -0.05) is 5.98 Å². The molecule has 0 spiro atoms. The Kier molecular flexibility index (Phi) is 1.85. The van der Waals surface area contributed by atoms with Gasteiger partial charge in [0.2, 0.25) is 0 Å². The molecule has 1 N–H and O–H groups in total. The van der Waals surface area contributed by atoms with Crippen molar-refractivity contribution in [3.05, 3.63) is 12.6 Å². The molecule has 0 amide bonds. The van der Waals surface area contributed by atoms with Crippen molar-refractivity contribution >= 4 is 7.19 Å². The lowest BCUT2D eigenvalue weighted by Gasteiger charge is -1.71. The molecule has 0 bridgehead atoms. The molecule has 0 unspecified atom stereocenters. The minimum absolute atomic E-state index is 0.806. The fraction of sp³-hybridized carbons (Fsp3) is 0. The van der Waals surface area contributed by atoms with E-state index in [9.17, 15) is 4.32 Å². The first-order valence-electron chi connectivity index (χ1n) is 1.22. The molecule has 0 aliphatic rings. The Bertz CT molecular complexity index is 36.6. The minimum Gasteiger partial charge on any atom is -0.420 e. The smallest absolute Gasteiger partial charge is 0.420 e. The third kappa shape index (κ3) is 3.69. The summed E-state index contributed by atoms with van der Waals surface area (Å²) in [5.41, 5.74) is 0. The lowest BCUT2D eigenvalue weighted by molar-refractivity contribution is 0.513. The second kappa shape index (κ2) is 1.97. The van der Waals surface area contributed by atoms with Gasteiger partial charge in [-0.25, -0.2) is 0 Å². The van der Waals surface area contributed by atoms with Gasteiger partial charge in [0, 0.05) is 0 Å². The van der Waals surface area contributed by atoms with E-state index in [1.807, 2.05) is 0 Å². The van der Waals surface area contributed by atoms with E-state index in [-0.39, 0.29) is 0 Å². The maximum absolute atomic E-state index is 10.9. The lowest BCUT2D eigenvalue weighted by atomic mass is 9.98. The standard InChI is InChI=1S/C2H4BFO/c1-2-3(4)5/h2,5H,1H2. The number of halogens is 1. The summed E-state index contributed by atoms with van der Waals surface area (Å²) in [6.45, 7) is 2.94. The average Bonchev–Trinajstić information content (AvgIpc) is 1.38. The molecule has 0 aliphatic carbocycles. The molecule has 0 aromatic carbocycles. The third-order valence-corrected chi connectivity index (χ3v) is 0.194.